The van der Waals surface area contributed by atoms with Gasteiger partial charge < -0.3 is 10.5 Å². The number of carbonyl (C=O) groups is 1. The molecule has 1 heterocycles. The number of carbonyl (C=O) groups excluding carboxylic acids is 1. The maximum Gasteiger partial charge on any atom is 0.307 e. The third-order valence-corrected chi connectivity index (χ3v) is 5.63. The monoisotopic (exact) mass is 407 g/mol. The topological polar surface area (TPSA) is 52.3 Å². The Morgan fingerprint density at radius 2 is 1.96 bits per heavy atom. The molecule has 2 aromatic carbocycles. The van der Waals surface area contributed by atoms with E-state index in [1.807, 2.05) is 25.1 Å². The van der Waals surface area contributed by atoms with Gasteiger partial charge in [-0.25, -0.2) is 0 Å². The van der Waals surface area contributed by atoms with E-state index in [0.717, 1.165) is 31.3 Å². The van der Waals surface area contributed by atoms with Gasteiger partial charge in [0.05, 0.1) is 19.1 Å². The van der Waals surface area contributed by atoms with Crippen LogP contribution in [0.15, 0.2) is 30.3 Å². The summed E-state index contributed by atoms with van der Waals surface area (Å²) in [5.74, 6) is 5.65. The SMILES string of the molecule is CC#Cc1ccc2sc3cc(Cl)c([C@@](C)(N)CC(=O)OC)cc3c2c1.Cl. The highest BCUT2D eigenvalue weighted by Gasteiger charge is 2.28. The van der Waals surface area contributed by atoms with Crippen LogP contribution in [0.5, 0.6) is 0 Å². The van der Waals surface area contributed by atoms with Gasteiger partial charge in [-0.15, -0.1) is 29.7 Å². The molecule has 26 heavy (non-hydrogen) atoms. The lowest BCUT2D eigenvalue weighted by atomic mass is 9.88. The lowest BCUT2D eigenvalue weighted by Gasteiger charge is -2.25. The van der Waals surface area contributed by atoms with E-state index in [2.05, 4.69) is 24.0 Å². The highest BCUT2D eigenvalue weighted by molar-refractivity contribution is 7.25. The molecule has 3 rings (SSSR count). The molecular weight excluding hydrogens is 389 g/mol. The first-order valence-electron chi connectivity index (χ1n) is 7.80. The van der Waals surface area contributed by atoms with E-state index in [1.54, 1.807) is 18.3 Å². The van der Waals surface area contributed by atoms with Gasteiger partial charge in [-0.2, -0.15) is 0 Å². The van der Waals surface area contributed by atoms with E-state index in [-0.39, 0.29) is 24.8 Å². The highest BCUT2D eigenvalue weighted by atomic mass is 35.5. The molecule has 1 aromatic heterocycles. The molecule has 0 radical (unpaired) electrons. The molecular formula is C20H19Cl2NO2S. The van der Waals surface area contributed by atoms with Gasteiger partial charge in [0.15, 0.2) is 0 Å². The largest absolute Gasteiger partial charge is 0.469 e. The Labute approximate surface area is 167 Å². The highest BCUT2D eigenvalue weighted by Crippen LogP contribution is 2.40. The zero-order valence-corrected chi connectivity index (χ0v) is 17.1. The van der Waals surface area contributed by atoms with E-state index >= 15 is 0 Å². The summed E-state index contributed by atoms with van der Waals surface area (Å²) < 4.78 is 7.00. The molecule has 0 unspecified atom stereocenters. The van der Waals surface area contributed by atoms with Crippen LogP contribution in [0, 0.1) is 11.8 Å². The Balaban J connectivity index is 0.00000243. The normalized spacial score (nSPS) is 12.8. The number of benzene rings is 2. The third-order valence-electron chi connectivity index (χ3n) is 4.18. The van der Waals surface area contributed by atoms with E-state index in [1.165, 1.54) is 7.11 Å². The molecule has 0 aliphatic heterocycles. The second-order valence-electron chi connectivity index (χ2n) is 6.19. The summed E-state index contributed by atoms with van der Waals surface area (Å²) in [6, 6.07) is 10.1. The van der Waals surface area contributed by atoms with Gasteiger partial charge in [0.1, 0.15) is 0 Å². The predicted octanol–water partition coefficient (Wildman–Crippen LogP) is 5.24. The number of ether oxygens (including phenoxy) is 1. The van der Waals surface area contributed by atoms with Gasteiger partial charge in [-0.3, -0.25) is 4.79 Å². The number of hydrogen-bond donors (Lipinski definition) is 1. The molecule has 0 saturated heterocycles. The molecule has 0 saturated carbocycles. The molecule has 0 bridgehead atoms. The van der Waals surface area contributed by atoms with Crippen LogP contribution in [-0.2, 0) is 15.1 Å². The first-order valence-corrected chi connectivity index (χ1v) is 9.00. The van der Waals surface area contributed by atoms with Crippen LogP contribution in [0.4, 0.5) is 0 Å². The quantitative estimate of drug-likeness (QED) is 0.477. The van der Waals surface area contributed by atoms with Gasteiger partial charge in [-0.05, 0) is 49.7 Å². The lowest BCUT2D eigenvalue weighted by Crippen LogP contribution is -2.36. The fourth-order valence-electron chi connectivity index (χ4n) is 2.92. The van der Waals surface area contributed by atoms with E-state index in [9.17, 15) is 4.79 Å². The number of nitrogens with two attached hydrogens (primary N) is 1. The van der Waals surface area contributed by atoms with Crippen molar-refractivity contribution in [1.29, 1.82) is 0 Å². The van der Waals surface area contributed by atoms with Crippen molar-refractivity contribution in [1.82, 2.24) is 0 Å². The summed E-state index contributed by atoms with van der Waals surface area (Å²) in [6.07, 6.45) is 0.0589. The van der Waals surface area contributed by atoms with Crippen LogP contribution in [0.1, 0.15) is 31.4 Å². The second-order valence-corrected chi connectivity index (χ2v) is 7.68. The van der Waals surface area contributed by atoms with Crippen LogP contribution < -0.4 is 5.73 Å². The minimum atomic E-state index is -0.909. The van der Waals surface area contributed by atoms with Crippen molar-refractivity contribution in [2.45, 2.75) is 25.8 Å². The Bertz CT molecular complexity index is 1040. The Hall–Kier alpha value is -1.77. The first kappa shape index (κ1) is 20.5. The Morgan fingerprint density at radius 1 is 1.27 bits per heavy atom. The van der Waals surface area contributed by atoms with Crippen molar-refractivity contribution in [2.24, 2.45) is 5.73 Å². The molecule has 1 atom stereocenters. The van der Waals surface area contributed by atoms with Gasteiger partial charge in [0.2, 0.25) is 0 Å². The van der Waals surface area contributed by atoms with Crippen LogP contribution in [0.2, 0.25) is 5.02 Å². The number of esters is 1. The van der Waals surface area contributed by atoms with Gasteiger partial charge in [0, 0.05) is 30.8 Å². The van der Waals surface area contributed by atoms with Crippen molar-refractivity contribution in [3.8, 4) is 11.8 Å². The summed E-state index contributed by atoms with van der Waals surface area (Å²) in [6.45, 7) is 3.61. The summed E-state index contributed by atoms with van der Waals surface area (Å²) in [4.78, 5) is 11.7. The molecule has 3 aromatic rings. The molecule has 0 amide bonds. The number of halogens is 2. The summed E-state index contributed by atoms with van der Waals surface area (Å²) in [5, 5.41) is 2.74. The lowest BCUT2D eigenvalue weighted by molar-refractivity contribution is -0.141. The molecule has 0 fully saturated rings. The van der Waals surface area contributed by atoms with Crippen molar-refractivity contribution >= 4 is 61.5 Å². The Kier molecular flexibility index (Phi) is 6.21. The summed E-state index contributed by atoms with van der Waals surface area (Å²) in [5.41, 5.74) is 7.19. The van der Waals surface area contributed by atoms with E-state index < -0.39 is 5.54 Å². The number of methoxy groups -OCH3 is 1. The average Bonchev–Trinajstić information content (AvgIpc) is 2.90. The van der Waals surface area contributed by atoms with Crippen molar-refractivity contribution < 1.29 is 9.53 Å². The number of rotatable bonds is 3. The number of thiophene rings is 1. The predicted molar refractivity (Wildman–Crippen MR) is 112 cm³/mol. The van der Waals surface area contributed by atoms with Crippen molar-refractivity contribution in [2.75, 3.05) is 7.11 Å². The smallest absolute Gasteiger partial charge is 0.307 e. The van der Waals surface area contributed by atoms with E-state index in [4.69, 9.17) is 22.1 Å². The second kappa shape index (κ2) is 7.85. The zero-order valence-electron chi connectivity index (χ0n) is 14.7. The molecule has 3 nitrogen and oxygen atoms in total. The fourth-order valence-corrected chi connectivity index (χ4v) is 4.48. The molecule has 0 aliphatic carbocycles. The van der Waals surface area contributed by atoms with E-state index in [0.29, 0.717) is 5.02 Å². The summed E-state index contributed by atoms with van der Waals surface area (Å²) in [7, 11) is 1.35. The average molecular weight is 408 g/mol. The van der Waals surface area contributed by atoms with Crippen molar-refractivity contribution in [3.63, 3.8) is 0 Å². The summed E-state index contributed by atoms with van der Waals surface area (Å²) >= 11 is 8.15. The fraction of sp³-hybridized carbons (Fsp3) is 0.250. The van der Waals surface area contributed by atoms with Crippen LogP contribution in [0.3, 0.4) is 0 Å². The van der Waals surface area contributed by atoms with Crippen LogP contribution in [0.25, 0.3) is 20.2 Å². The zero-order chi connectivity index (χ0) is 18.2. The standard InChI is InChI=1S/C20H18ClNO2S.ClH/c1-4-5-12-6-7-17-13(8-12)14-9-15(16(21)10-18(14)25-17)20(2,22)11-19(23)24-3;/h6-10H,11,22H2,1-3H3;1H/t20-;/m0./s1. The Morgan fingerprint density at radius 3 is 2.62 bits per heavy atom. The third kappa shape index (κ3) is 3.82. The molecule has 0 aliphatic rings. The van der Waals surface area contributed by atoms with Crippen LogP contribution in [-0.4, -0.2) is 13.1 Å². The van der Waals surface area contributed by atoms with Gasteiger partial charge in [-0.1, -0.05) is 17.5 Å². The van der Waals surface area contributed by atoms with Gasteiger partial charge in [0.25, 0.3) is 0 Å². The number of fused-ring (bicyclic) bond motifs is 3. The van der Waals surface area contributed by atoms with Crippen LogP contribution >= 0.6 is 35.3 Å². The van der Waals surface area contributed by atoms with Gasteiger partial charge >= 0.3 is 5.97 Å². The minimum Gasteiger partial charge on any atom is -0.469 e. The first-order chi connectivity index (χ1) is 11.9. The molecule has 136 valence electrons. The molecule has 2 N–H and O–H groups in total. The minimum absolute atomic E-state index is 0. The van der Waals surface area contributed by atoms with Crippen molar-refractivity contribution in [3.05, 3.63) is 46.5 Å². The maximum atomic E-state index is 11.7. The molecule has 0 spiro atoms. The maximum absolute atomic E-state index is 11.7. The number of hydrogen-bond acceptors (Lipinski definition) is 4. The molecule has 6 heteroatoms.